The van der Waals surface area contributed by atoms with E-state index in [4.69, 9.17) is 9.84 Å². The quantitative estimate of drug-likeness (QED) is 0.813. The van der Waals surface area contributed by atoms with E-state index >= 15 is 0 Å². The molecule has 2 aromatic rings. The molecule has 0 spiro atoms. The summed E-state index contributed by atoms with van der Waals surface area (Å²) >= 11 is 0. The molecule has 0 saturated heterocycles. The summed E-state index contributed by atoms with van der Waals surface area (Å²) in [6.07, 6.45) is 0.752. The van der Waals surface area contributed by atoms with Gasteiger partial charge in [0.05, 0.1) is 0 Å². The number of rotatable bonds is 7. The van der Waals surface area contributed by atoms with Gasteiger partial charge in [0.15, 0.2) is 0 Å². The lowest BCUT2D eigenvalue weighted by atomic mass is 10.1. The molecule has 5 heteroatoms. The van der Waals surface area contributed by atoms with Crippen molar-refractivity contribution >= 4 is 11.9 Å². The second-order valence-electron chi connectivity index (χ2n) is 6.36. The van der Waals surface area contributed by atoms with Crippen LogP contribution in [0.2, 0.25) is 0 Å². The molecule has 3 rings (SSSR count). The molecule has 3 unspecified atom stereocenters. The molecule has 1 fully saturated rings. The largest absolute Gasteiger partial charge is 0.489 e. The fourth-order valence-electron chi connectivity index (χ4n) is 2.79. The van der Waals surface area contributed by atoms with Crippen molar-refractivity contribution in [1.82, 2.24) is 5.32 Å². The third kappa shape index (κ3) is 4.38. The van der Waals surface area contributed by atoms with Crippen molar-refractivity contribution in [3.05, 3.63) is 65.7 Å². The van der Waals surface area contributed by atoms with Crippen molar-refractivity contribution in [2.75, 3.05) is 0 Å². The average molecular weight is 339 g/mol. The molecule has 0 heterocycles. The van der Waals surface area contributed by atoms with E-state index in [1.54, 1.807) is 0 Å². The standard InChI is InChI=1S/C20H21NO4/c1-13(20(23)24)21-19(22)18-11-17(18)15-7-9-16(10-8-15)25-12-14-5-3-2-4-6-14/h2-10,13,17-18H,11-12H2,1H3,(H,21,22)(H,23,24). The van der Waals surface area contributed by atoms with Crippen molar-refractivity contribution in [3.63, 3.8) is 0 Å². The molecule has 1 saturated carbocycles. The molecule has 0 bridgehead atoms. The Labute approximate surface area is 146 Å². The zero-order valence-electron chi connectivity index (χ0n) is 14.0. The summed E-state index contributed by atoms with van der Waals surface area (Å²) < 4.78 is 5.76. The maximum atomic E-state index is 12.0. The predicted molar refractivity (Wildman–Crippen MR) is 93.3 cm³/mol. The molecule has 1 aliphatic carbocycles. The maximum Gasteiger partial charge on any atom is 0.325 e. The van der Waals surface area contributed by atoms with E-state index in [0.717, 1.165) is 23.3 Å². The summed E-state index contributed by atoms with van der Waals surface area (Å²) in [6.45, 7) is 1.98. The van der Waals surface area contributed by atoms with Crippen LogP contribution in [0.5, 0.6) is 5.75 Å². The van der Waals surface area contributed by atoms with Crippen LogP contribution in [0.4, 0.5) is 0 Å². The summed E-state index contributed by atoms with van der Waals surface area (Å²) in [5.74, 6) is -0.411. The zero-order chi connectivity index (χ0) is 17.8. The van der Waals surface area contributed by atoms with Crippen LogP contribution in [-0.4, -0.2) is 23.0 Å². The Morgan fingerprint density at radius 2 is 1.84 bits per heavy atom. The van der Waals surface area contributed by atoms with Gasteiger partial charge in [-0.3, -0.25) is 9.59 Å². The van der Waals surface area contributed by atoms with Crippen molar-refractivity contribution in [3.8, 4) is 5.75 Å². The van der Waals surface area contributed by atoms with Gasteiger partial charge in [-0.05, 0) is 42.5 Å². The number of carboxylic acids is 1. The van der Waals surface area contributed by atoms with Gasteiger partial charge in [0.25, 0.3) is 0 Å². The molecule has 3 atom stereocenters. The first-order valence-corrected chi connectivity index (χ1v) is 8.34. The van der Waals surface area contributed by atoms with Gasteiger partial charge in [0.2, 0.25) is 5.91 Å². The molecule has 0 aromatic heterocycles. The summed E-state index contributed by atoms with van der Waals surface area (Å²) in [5.41, 5.74) is 2.19. The van der Waals surface area contributed by atoms with Crippen LogP contribution < -0.4 is 10.1 Å². The van der Waals surface area contributed by atoms with Crippen molar-refractivity contribution in [2.24, 2.45) is 5.92 Å². The maximum absolute atomic E-state index is 12.0. The number of hydrogen-bond acceptors (Lipinski definition) is 3. The highest BCUT2D eigenvalue weighted by atomic mass is 16.5. The van der Waals surface area contributed by atoms with Gasteiger partial charge in [0, 0.05) is 5.92 Å². The van der Waals surface area contributed by atoms with Crippen LogP contribution in [0.15, 0.2) is 54.6 Å². The number of carbonyl (C=O) groups is 2. The molecule has 1 amide bonds. The third-order valence-electron chi connectivity index (χ3n) is 4.41. The van der Waals surface area contributed by atoms with Crippen LogP contribution in [-0.2, 0) is 16.2 Å². The second kappa shape index (κ2) is 7.38. The minimum absolute atomic E-state index is 0.141. The Morgan fingerprint density at radius 3 is 2.48 bits per heavy atom. The number of nitrogens with one attached hydrogen (secondary N) is 1. The molecule has 25 heavy (non-hydrogen) atoms. The summed E-state index contributed by atoms with van der Waals surface area (Å²) in [6, 6.07) is 16.9. The topological polar surface area (TPSA) is 75.6 Å². The first-order chi connectivity index (χ1) is 12.0. The van der Waals surface area contributed by atoms with Gasteiger partial charge in [-0.25, -0.2) is 0 Å². The highest BCUT2D eigenvalue weighted by molar-refractivity contribution is 5.87. The molecule has 130 valence electrons. The normalized spacial score (nSPS) is 19.7. The number of carboxylic acid groups (broad SMARTS) is 1. The Balaban J connectivity index is 1.51. The minimum Gasteiger partial charge on any atom is -0.489 e. The molecule has 1 aliphatic rings. The lowest BCUT2D eigenvalue weighted by molar-refractivity contribution is -0.141. The molecule has 0 radical (unpaired) electrons. The highest BCUT2D eigenvalue weighted by Gasteiger charge is 2.44. The molecule has 2 N–H and O–H groups in total. The van der Waals surface area contributed by atoms with Crippen LogP contribution >= 0.6 is 0 Å². The van der Waals surface area contributed by atoms with Gasteiger partial charge in [0.1, 0.15) is 18.4 Å². The Bertz CT molecular complexity index is 742. The first kappa shape index (κ1) is 17.0. The molecule has 2 aromatic carbocycles. The summed E-state index contributed by atoms with van der Waals surface area (Å²) in [4.78, 5) is 22.8. The van der Waals surface area contributed by atoms with Gasteiger partial charge < -0.3 is 15.2 Å². The van der Waals surface area contributed by atoms with Crippen molar-refractivity contribution in [2.45, 2.75) is 31.9 Å². The van der Waals surface area contributed by atoms with Crippen LogP contribution in [0, 0.1) is 5.92 Å². The predicted octanol–water partition coefficient (Wildman–Crippen LogP) is 2.96. The number of hydrogen-bond donors (Lipinski definition) is 2. The van der Waals surface area contributed by atoms with Gasteiger partial charge >= 0.3 is 5.97 Å². The first-order valence-electron chi connectivity index (χ1n) is 8.34. The number of ether oxygens (including phenoxy) is 1. The van der Waals surface area contributed by atoms with Gasteiger partial charge in [-0.1, -0.05) is 42.5 Å². The number of benzene rings is 2. The van der Waals surface area contributed by atoms with E-state index < -0.39 is 12.0 Å². The van der Waals surface area contributed by atoms with Gasteiger partial charge in [-0.15, -0.1) is 0 Å². The zero-order valence-corrected chi connectivity index (χ0v) is 14.0. The van der Waals surface area contributed by atoms with E-state index in [1.807, 2.05) is 54.6 Å². The minimum atomic E-state index is -1.02. The SMILES string of the molecule is CC(NC(=O)C1CC1c1ccc(OCc2ccccc2)cc1)C(=O)O. The molecular weight excluding hydrogens is 318 g/mol. The van der Waals surface area contributed by atoms with E-state index in [9.17, 15) is 9.59 Å². The number of carbonyl (C=O) groups excluding carboxylic acids is 1. The van der Waals surface area contributed by atoms with E-state index in [-0.39, 0.29) is 17.7 Å². The summed E-state index contributed by atoms with van der Waals surface area (Å²) in [5, 5.41) is 11.4. The third-order valence-corrected chi connectivity index (χ3v) is 4.41. The second-order valence-corrected chi connectivity index (χ2v) is 6.36. The Kier molecular flexibility index (Phi) is 5.03. The highest BCUT2D eigenvalue weighted by Crippen LogP contribution is 2.47. The Hall–Kier alpha value is -2.82. The number of amides is 1. The van der Waals surface area contributed by atoms with E-state index in [1.165, 1.54) is 6.92 Å². The van der Waals surface area contributed by atoms with Crippen molar-refractivity contribution in [1.29, 1.82) is 0 Å². The van der Waals surface area contributed by atoms with Crippen LogP contribution in [0.25, 0.3) is 0 Å². The number of aliphatic carboxylic acids is 1. The van der Waals surface area contributed by atoms with Crippen LogP contribution in [0.3, 0.4) is 0 Å². The molecule has 0 aliphatic heterocycles. The summed E-state index contributed by atoms with van der Waals surface area (Å²) in [7, 11) is 0. The van der Waals surface area contributed by atoms with Crippen LogP contribution in [0.1, 0.15) is 30.4 Å². The van der Waals surface area contributed by atoms with E-state index in [0.29, 0.717) is 6.61 Å². The fourth-order valence-corrected chi connectivity index (χ4v) is 2.79. The smallest absolute Gasteiger partial charge is 0.325 e. The molecular formula is C20H21NO4. The van der Waals surface area contributed by atoms with E-state index in [2.05, 4.69) is 5.32 Å². The Morgan fingerprint density at radius 1 is 1.16 bits per heavy atom. The fraction of sp³-hybridized carbons (Fsp3) is 0.300. The average Bonchev–Trinajstić information content (AvgIpc) is 3.42. The lowest BCUT2D eigenvalue weighted by Gasteiger charge is -2.09. The van der Waals surface area contributed by atoms with Gasteiger partial charge in [-0.2, -0.15) is 0 Å². The van der Waals surface area contributed by atoms with Crippen molar-refractivity contribution < 1.29 is 19.4 Å². The lowest BCUT2D eigenvalue weighted by Crippen LogP contribution is -2.39. The monoisotopic (exact) mass is 339 g/mol. The molecule has 5 nitrogen and oxygen atoms in total.